The second kappa shape index (κ2) is 5.84. The Morgan fingerprint density at radius 2 is 2.00 bits per heavy atom. The summed E-state index contributed by atoms with van der Waals surface area (Å²) in [4.78, 5) is 11.9. The van der Waals surface area contributed by atoms with Crippen LogP contribution in [0.3, 0.4) is 0 Å². The Hall–Kier alpha value is -1.59. The molecule has 0 aliphatic rings. The van der Waals surface area contributed by atoms with E-state index in [1.807, 2.05) is 30.3 Å². The van der Waals surface area contributed by atoms with Gasteiger partial charge < -0.3 is 14.8 Å². The van der Waals surface area contributed by atoms with Gasteiger partial charge in [0.2, 0.25) is 0 Å². The SMILES string of the molecule is O=C(N[C@@H](CO)c1ccccc1)c1ccc(Br)o1. The molecule has 0 radical (unpaired) electrons. The molecule has 1 atom stereocenters. The maximum Gasteiger partial charge on any atom is 0.287 e. The second-order valence-corrected chi connectivity index (χ2v) is 4.50. The predicted molar refractivity (Wildman–Crippen MR) is 70.1 cm³/mol. The highest BCUT2D eigenvalue weighted by molar-refractivity contribution is 9.10. The molecule has 0 spiro atoms. The van der Waals surface area contributed by atoms with Gasteiger partial charge in [0, 0.05) is 0 Å². The Bertz CT molecular complexity index is 524. The number of carbonyl (C=O) groups excluding carboxylic acids is 1. The van der Waals surface area contributed by atoms with Gasteiger partial charge in [-0.15, -0.1) is 0 Å². The van der Waals surface area contributed by atoms with Crippen molar-refractivity contribution < 1.29 is 14.3 Å². The van der Waals surface area contributed by atoms with Crippen LogP contribution in [0.4, 0.5) is 0 Å². The van der Waals surface area contributed by atoms with Gasteiger partial charge in [0.05, 0.1) is 12.6 Å². The molecule has 0 saturated heterocycles. The number of aliphatic hydroxyl groups is 1. The van der Waals surface area contributed by atoms with E-state index in [4.69, 9.17) is 4.42 Å². The lowest BCUT2D eigenvalue weighted by atomic mass is 10.1. The molecule has 4 nitrogen and oxygen atoms in total. The molecule has 1 aromatic heterocycles. The predicted octanol–water partition coefficient (Wildman–Crippen LogP) is 2.51. The zero-order chi connectivity index (χ0) is 13.0. The second-order valence-electron chi connectivity index (χ2n) is 3.72. The third-order valence-electron chi connectivity index (χ3n) is 2.49. The van der Waals surface area contributed by atoms with Crippen LogP contribution in [0.15, 0.2) is 51.6 Å². The number of halogens is 1. The number of rotatable bonds is 4. The van der Waals surface area contributed by atoms with Gasteiger partial charge in [0.15, 0.2) is 10.4 Å². The van der Waals surface area contributed by atoms with Crippen molar-refractivity contribution in [3.63, 3.8) is 0 Å². The average molecular weight is 310 g/mol. The van der Waals surface area contributed by atoms with E-state index >= 15 is 0 Å². The molecule has 0 unspecified atom stereocenters. The molecule has 2 N–H and O–H groups in total. The van der Waals surface area contributed by atoms with Gasteiger partial charge in [0.25, 0.3) is 5.91 Å². The molecular formula is C13H12BrNO3. The number of benzene rings is 1. The highest BCUT2D eigenvalue weighted by atomic mass is 79.9. The fourth-order valence-electron chi connectivity index (χ4n) is 1.59. The van der Waals surface area contributed by atoms with E-state index in [1.54, 1.807) is 12.1 Å². The van der Waals surface area contributed by atoms with Crippen molar-refractivity contribution in [2.45, 2.75) is 6.04 Å². The van der Waals surface area contributed by atoms with Crippen LogP contribution >= 0.6 is 15.9 Å². The van der Waals surface area contributed by atoms with Gasteiger partial charge in [0.1, 0.15) is 0 Å². The lowest BCUT2D eigenvalue weighted by Gasteiger charge is -2.15. The normalized spacial score (nSPS) is 12.1. The van der Waals surface area contributed by atoms with Gasteiger partial charge in [-0.3, -0.25) is 4.79 Å². The summed E-state index contributed by atoms with van der Waals surface area (Å²) >= 11 is 3.13. The molecule has 0 saturated carbocycles. The van der Waals surface area contributed by atoms with Crippen molar-refractivity contribution in [2.75, 3.05) is 6.61 Å². The number of hydrogen-bond donors (Lipinski definition) is 2. The molecule has 0 fully saturated rings. The van der Waals surface area contributed by atoms with Crippen LogP contribution in [0.1, 0.15) is 22.2 Å². The Morgan fingerprint density at radius 1 is 1.28 bits per heavy atom. The number of furan rings is 1. The summed E-state index contributed by atoms with van der Waals surface area (Å²) in [6, 6.07) is 12.1. The average Bonchev–Trinajstić information content (AvgIpc) is 2.83. The molecule has 2 rings (SSSR count). The van der Waals surface area contributed by atoms with Crippen LogP contribution in [-0.2, 0) is 0 Å². The minimum Gasteiger partial charge on any atom is -0.444 e. The molecule has 18 heavy (non-hydrogen) atoms. The third-order valence-corrected chi connectivity index (χ3v) is 2.91. The molecule has 1 aromatic carbocycles. The van der Waals surface area contributed by atoms with Crippen LogP contribution in [-0.4, -0.2) is 17.6 Å². The summed E-state index contributed by atoms with van der Waals surface area (Å²) in [5.41, 5.74) is 0.846. The maximum absolute atomic E-state index is 11.9. The minimum absolute atomic E-state index is 0.169. The van der Waals surface area contributed by atoms with Gasteiger partial charge in [-0.05, 0) is 33.6 Å². The summed E-state index contributed by atoms with van der Waals surface area (Å²) in [6.07, 6.45) is 0. The third kappa shape index (κ3) is 3.00. The lowest BCUT2D eigenvalue weighted by Crippen LogP contribution is -2.30. The fraction of sp³-hybridized carbons (Fsp3) is 0.154. The van der Waals surface area contributed by atoms with Crippen LogP contribution in [0.25, 0.3) is 0 Å². The van der Waals surface area contributed by atoms with Crippen molar-refractivity contribution in [2.24, 2.45) is 0 Å². The smallest absolute Gasteiger partial charge is 0.287 e. The van der Waals surface area contributed by atoms with E-state index in [2.05, 4.69) is 21.2 Å². The first-order valence-electron chi connectivity index (χ1n) is 5.42. The Morgan fingerprint density at radius 3 is 2.56 bits per heavy atom. The molecule has 1 amide bonds. The number of nitrogens with one attached hydrogen (secondary N) is 1. The van der Waals surface area contributed by atoms with Crippen molar-refractivity contribution in [3.8, 4) is 0 Å². The summed E-state index contributed by atoms with van der Waals surface area (Å²) in [6.45, 7) is -0.169. The minimum atomic E-state index is -0.442. The zero-order valence-corrected chi connectivity index (χ0v) is 11.1. The van der Waals surface area contributed by atoms with E-state index in [9.17, 15) is 9.90 Å². The number of aliphatic hydroxyl groups excluding tert-OH is 1. The van der Waals surface area contributed by atoms with Crippen molar-refractivity contribution in [1.29, 1.82) is 0 Å². The quantitative estimate of drug-likeness (QED) is 0.912. The largest absolute Gasteiger partial charge is 0.444 e. The zero-order valence-electron chi connectivity index (χ0n) is 9.47. The summed E-state index contributed by atoms with van der Waals surface area (Å²) in [5.74, 6) is -0.153. The molecule has 1 heterocycles. The molecule has 0 bridgehead atoms. The van der Waals surface area contributed by atoms with Crippen LogP contribution in [0.5, 0.6) is 0 Å². The van der Waals surface area contributed by atoms with E-state index in [0.29, 0.717) is 4.67 Å². The highest BCUT2D eigenvalue weighted by Gasteiger charge is 2.16. The summed E-state index contributed by atoms with van der Waals surface area (Å²) in [5, 5.41) is 12.0. The van der Waals surface area contributed by atoms with E-state index in [0.717, 1.165) is 5.56 Å². The van der Waals surface area contributed by atoms with Crippen molar-refractivity contribution in [3.05, 3.63) is 58.5 Å². The van der Waals surface area contributed by atoms with Crippen LogP contribution in [0, 0.1) is 0 Å². The monoisotopic (exact) mass is 309 g/mol. The Kier molecular flexibility index (Phi) is 4.17. The fourth-order valence-corrected chi connectivity index (χ4v) is 1.89. The van der Waals surface area contributed by atoms with E-state index in [-0.39, 0.29) is 18.3 Å². The Balaban J connectivity index is 2.10. The number of carbonyl (C=O) groups is 1. The van der Waals surface area contributed by atoms with Gasteiger partial charge in [-0.25, -0.2) is 0 Å². The molecule has 5 heteroatoms. The first kappa shape index (κ1) is 12.9. The van der Waals surface area contributed by atoms with Gasteiger partial charge >= 0.3 is 0 Å². The maximum atomic E-state index is 11.9. The topological polar surface area (TPSA) is 62.5 Å². The number of hydrogen-bond acceptors (Lipinski definition) is 3. The van der Waals surface area contributed by atoms with Crippen molar-refractivity contribution >= 4 is 21.8 Å². The van der Waals surface area contributed by atoms with Gasteiger partial charge in [-0.1, -0.05) is 30.3 Å². The highest BCUT2D eigenvalue weighted by Crippen LogP contribution is 2.16. The summed E-state index contributed by atoms with van der Waals surface area (Å²) in [7, 11) is 0. The Labute approximate surface area is 113 Å². The first-order chi connectivity index (χ1) is 8.70. The molecule has 2 aromatic rings. The molecular weight excluding hydrogens is 298 g/mol. The molecule has 0 aliphatic heterocycles. The van der Waals surface area contributed by atoms with Crippen LogP contribution in [0.2, 0.25) is 0 Å². The molecule has 0 aliphatic carbocycles. The standard InChI is InChI=1S/C13H12BrNO3/c14-12-7-6-11(18-12)13(17)15-10(8-16)9-4-2-1-3-5-9/h1-7,10,16H,8H2,(H,15,17)/t10-/m0/s1. The first-order valence-corrected chi connectivity index (χ1v) is 6.22. The van der Waals surface area contributed by atoms with Crippen LogP contribution < -0.4 is 5.32 Å². The van der Waals surface area contributed by atoms with Gasteiger partial charge in [-0.2, -0.15) is 0 Å². The molecule has 94 valence electrons. The van der Waals surface area contributed by atoms with E-state index in [1.165, 1.54) is 0 Å². The number of amides is 1. The lowest BCUT2D eigenvalue weighted by molar-refractivity contribution is 0.0887. The van der Waals surface area contributed by atoms with Crippen molar-refractivity contribution in [1.82, 2.24) is 5.32 Å². The van der Waals surface area contributed by atoms with E-state index < -0.39 is 6.04 Å². The summed E-state index contributed by atoms with van der Waals surface area (Å²) < 4.78 is 5.64.